The largest absolute Gasteiger partial charge is 0.497 e. The summed E-state index contributed by atoms with van der Waals surface area (Å²) in [5.74, 6) is 1.16. The highest BCUT2D eigenvalue weighted by Gasteiger charge is 2.22. The minimum absolute atomic E-state index is 0.0981. The first-order valence-electron chi connectivity index (χ1n) is 10.2. The monoisotopic (exact) mass is 436 g/mol. The topological polar surface area (TPSA) is 80.0 Å². The maximum absolute atomic E-state index is 13.2. The van der Waals surface area contributed by atoms with Gasteiger partial charge in [-0.1, -0.05) is 6.08 Å². The van der Waals surface area contributed by atoms with Gasteiger partial charge < -0.3 is 28.8 Å². The molecule has 0 atom stereocenters. The number of benzene rings is 1. The van der Waals surface area contributed by atoms with E-state index in [0.717, 1.165) is 5.69 Å². The van der Waals surface area contributed by atoms with Gasteiger partial charge in [-0.3, -0.25) is 4.79 Å². The van der Waals surface area contributed by atoms with Gasteiger partial charge in [-0.2, -0.15) is 0 Å². The fourth-order valence-electron chi connectivity index (χ4n) is 3.19. The highest BCUT2D eigenvalue weighted by molar-refractivity contribution is 5.92. The average molecular weight is 437 g/mol. The smallest absolute Gasteiger partial charge is 0.322 e. The van der Waals surface area contributed by atoms with Gasteiger partial charge in [0.25, 0.3) is 0 Å². The van der Waals surface area contributed by atoms with Crippen molar-refractivity contribution in [1.82, 2.24) is 14.4 Å². The maximum Gasteiger partial charge on any atom is 0.322 e. The van der Waals surface area contributed by atoms with Crippen molar-refractivity contribution >= 4 is 17.6 Å². The van der Waals surface area contributed by atoms with Crippen molar-refractivity contribution in [2.24, 2.45) is 7.05 Å². The van der Waals surface area contributed by atoms with Crippen molar-refractivity contribution in [2.45, 2.75) is 13.1 Å². The van der Waals surface area contributed by atoms with E-state index in [1.54, 1.807) is 54.7 Å². The number of hydrogen-bond acceptors (Lipinski definition) is 4. The molecule has 8 nitrogen and oxygen atoms in total. The Morgan fingerprint density at radius 1 is 1.12 bits per heavy atom. The van der Waals surface area contributed by atoms with Gasteiger partial charge >= 0.3 is 6.03 Å². The Kier molecular flexibility index (Phi) is 7.75. The summed E-state index contributed by atoms with van der Waals surface area (Å²) in [7, 11) is 3.51. The fraction of sp³-hybridized carbons (Fsp3) is 0.250. The van der Waals surface area contributed by atoms with Crippen LogP contribution in [-0.4, -0.2) is 46.5 Å². The first-order valence-corrected chi connectivity index (χ1v) is 10.2. The summed E-state index contributed by atoms with van der Waals surface area (Å²) in [5.41, 5.74) is 1.58. The molecule has 32 heavy (non-hydrogen) atoms. The highest BCUT2D eigenvalue weighted by atomic mass is 16.5. The van der Waals surface area contributed by atoms with E-state index in [2.05, 4.69) is 11.9 Å². The molecular formula is C24H28N4O4. The van der Waals surface area contributed by atoms with Crippen LogP contribution in [-0.2, 0) is 24.9 Å². The first kappa shape index (κ1) is 22.7. The number of aryl methyl sites for hydroxylation is 1. The number of carbonyl (C=O) groups is 2. The number of nitrogens with one attached hydrogen (secondary N) is 1. The molecule has 168 valence electrons. The molecule has 2 aromatic heterocycles. The van der Waals surface area contributed by atoms with Crippen LogP contribution in [0.1, 0.15) is 11.5 Å². The van der Waals surface area contributed by atoms with Crippen molar-refractivity contribution < 1.29 is 18.7 Å². The molecule has 0 aliphatic carbocycles. The molecule has 1 aromatic carbocycles. The van der Waals surface area contributed by atoms with E-state index in [9.17, 15) is 9.59 Å². The minimum atomic E-state index is -0.389. The van der Waals surface area contributed by atoms with Gasteiger partial charge in [-0.05, 0) is 48.5 Å². The Morgan fingerprint density at radius 2 is 1.91 bits per heavy atom. The summed E-state index contributed by atoms with van der Waals surface area (Å²) < 4.78 is 12.5. The maximum atomic E-state index is 13.2. The summed E-state index contributed by atoms with van der Waals surface area (Å²) in [6.45, 7) is 4.55. The molecule has 3 rings (SSSR count). The van der Waals surface area contributed by atoms with E-state index < -0.39 is 0 Å². The highest BCUT2D eigenvalue weighted by Crippen LogP contribution is 2.16. The lowest BCUT2D eigenvalue weighted by molar-refractivity contribution is -0.133. The van der Waals surface area contributed by atoms with Crippen molar-refractivity contribution in [3.05, 3.63) is 85.1 Å². The second-order valence-corrected chi connectivity index (χ2v) is 7.27. The number of methoxy groups -OCH3 is 1. The van der Waals surface area contributed by atoms with Crippen LogP contribution >= 0.6 is 0 Å². The van der Waals surface area contributed by atoms with Gasteiger partial charge in [0.2, 0.25) is 5.91 Å². The molecule has 8 heteroatoms. The Morgan fingerprint density at radius 3 is 2.50 bits per heavy atom. The van der Waals surface area contributed by atoms with E-state index in [4.69, 9.17) is 9.15 Å². The van der Waals surface area contributed by atoms with Crippen LogP contribution in [0.25, 0.3) is 0 Å². The van der Waals surface area contributed by atoms with Crippen molar-refractivity contribution in [3.8, 4) is 5.75 Å². The molecule has 1 N–H and O–H groups in total. The molecule has 0 bridgehead atoms. The van der Waals surface area contributed by atoms with Crippen LogP contribution in [0.4, 0.5) is 10.5 Å². The number of nitrogens with zero attached hydrogens (tertiary/aromatic N) is 3. The predicted octanol–water partition coefficient (Wildman–Crippen LogP) is 3.88. The summed E-state index contributed by atoms with van der Waals surface area (Å²) in [6, 6.07) is 14.1. The van der Waals surface area contributed by atoms with Gasteiger partial charge in [0, 0.05) is 31.2 Å². The number of urea groups is 1. The zero-order chi connectivity index (χ0) is 22.9. The van der Waals surface area contributed by atoms with Gasteiger partial charge in [0.15, 0.2) is 0 Å². The SMILES string of the molecule is C=CCN(CC(=O)N(Cc1ccco1)Cc1cccn1C)C(=O)Nc1ccc(OC)cc1. The first-order chi connectivity index (χ1) is 15.5. The van der Waals surface area contributed by atoms with E-state index in [1.165, 1.54) is 4.90 Å². The molecule has 0 radical (unpaired) electrons. The van der Waals surface area contributed by atoms with Gasteiger partial charge in [0.1, 0.15) is 18.1 Å². The number of carbonyl (C=O) groups excluding carboxylic acids is 2. The molecule has 3 aromatic rings. The number of aromatic nitrogens is 1. The molecular weight excluding hydrogens is 408 g/mol. The second-order valence-electron chi connectivity index (χ2n) is 7.27. The molecule has 0 saturated carbocycles. The second kappa shape index (κ2) is 10.9. The molecule has 0 aliphatic heterocycles. The van der Waals surface area contributed by atoms with E-state index in [1.807, 2.05) is 36.0 Å². The summed E-state index contributed by atoms with van der Waals surface area (Å²) >= 11 is 0. The lowest BCUT2D eigenvalue weighted by Crippen LogP contribution is -2.44. The van der Waals surface area contributed by atoms with E-state index >= 15 is 0 Å². The number of hydrogen-bond donors (Lipinski definition) is 1. The summed E-state index contributed by atoms with van der Waals surface area (Å²) in [4.78, 5) is 29.2. The lowest BCUT2D eigenvalue weighted by atomic mass is 10.3. The van der Waals surface area contributed by atoms with Crippen LogP contribution < -0.4 is 10.1 Å². The standard InChI is InChI=1S/C24H28N4O4/c1-4-13-27(24(30)25-19-9-11-21(31-3)12-10-19)18-23(29)28(17-22-8-6-15-32-22)16-20-7-5-14-26(20)2/h4-12,14-15H,1,13,16-18H2,2-3H3,(H,25,30). The van der Waals surface area contributed by atoms with Crippen LogP contribution in [0.5, 0.6) is 5.75 Å². The van der Waals surface area contributed by atoms with Crippen LogP contribution in [0.3, 0.4) is 0 Å². The molecule has 0 spiro atoms. The Hall–Kier alpha value is -3.94. The van der Waals surface area contributed by atoms with Crippen LogP contribution in [0, 0.1) is 0 Å². The normalized spacial score (nSPS) is 10.4. The van der Waals surface area contributed by atoms with Crippen LogP contribution in [0.15, 0.2) is 78.1 Å². The lowest BCUT2D eigenvalue weighted by Gasteiger charge is -2.27. The Balaban J connectivity index is 1.71. The van der Waals surface area contributed by atoms with Crippen LogP contribution in [0.2, 0.25) is 0 Å². The van der Waals surface area contributed by atoms with Gasteiger partial charge in [-0.25, -0.2) is 4.79 Å². The van der Waals surface area contributed by atoms with Crippen molar-refractivity contribution in [2.75, 3.05) is 25.5 Å². The number of anilines is 1. The fourth-order valence-corrected chi connectivity index (χ4v) is 3.19. The van der Waals surface area contributed by atoms with Crippen molar-refractivity contribution in [3.63, 3.8) is 0 Å². The molecule has 0 saturated heterocycles. The average Bonchev–Trinajstić information content (AvgIpc) is 3.45. The third kappa shape index (κ3) is 6.04. The summed E-state index contributed by atoms with van der Waals surface area (Å²) in [5, 5.41) is 2.81. The quantitative estimate of drug-likeness (QED) is 0.489. The molecule has 0 aliphatic rings. The molecule has 0 fully saturated rings. The number of rotatable bonds is 10. The molecule has 0 unspecified atom stereocenters. The summed E-state index contributed by atoms with van der Waals surface area (Å²) in [6.07, 6.45) is 5.10. The van der Waals surface area contributed by atoms with Gasteiger partial charge in [-0.15, -0.1) is 6.58 Å². The Bertz CT molecular complexity index is 1020. The van der Waals surface area contributed by atoms with E-state index in [-0.39, 0.29) is 25.0 Å². The number of ether oxygens (including phenoxy) is 1. The van der Waals surface area contributed by atoms with Crippen molar-refractivity contribution in [1.29, 1.82) is 0 Å². The zero-order valence-corrected chi connectivity index (χ0v) is 18.4. The third-order valence-electron chi connectivity index (χ3n) is 4.99. The minimum Gasteiger partial charge on any atom is -0.497 e. The number of amides is 3. The molecule has 2 heterocycles. The third-order valence-corrected chi connectivity index (χ3v) is 4.99. The van der Waals surface area contributed by atoms with E-state index in [0.29, 0.717) is 30.3 Å². The Labute approximate surface area is 187 Å². The zero-order valence-electron chi connectivity index (χ0n) is 18.4. The predicted molar refractivity (Wildman–Crippen MR) is 122 cm³/mol. The molecule has 3 amide bonds. The van der Waals surface area contributed by atoms with Gasteiger partial charge in [0.05, 0.1) is 26.5 Å². The number of furan rings is 1.